The lowest BCUT2D eigenvalue weighted by atomic mass is 10.1. The van der Waals surface area contributed by atoms with Gasteiger partial charge in [-0.25, -0.2) is 4.79 Å². The van der Waals surface area contributed by atoms with E-state index in [9.17, 15) is 14.7 Å². The van der Waals surface area contributed by atoms with Crippen LogP contribution in [0.1, 0.15) is 26.5 Å². The Balaban J connectivity index is 1.56. The van der Waals surface area contributed by atoms with E-state index in [4.69, 9.17) is 5.73 Å². The van der Waals surface area contributed by atoms with Crippen molar-refractivity contribution in [2.75, 3.05) is 17.2 Å². The molecule has 2 aromatic carbocycles. The van der Waals surface area contributed by atoms with Crippen LogP contribution in [-0.4, -0.2) is 33.5 Å². The Hall–Kier alpha value is -3.74. The van der Waals surface area contributed by atoms with Crippen molar-refractivity contribution in [1.82, 2.24) is 9.97 Å². The fourth-order valence-corrected chi connectivity index (χ4v) is 3.85. The second-order valence-electron chi connectivity index (χ2n) is 6.75. The number of carboxylic acid groups (broad SMARTS) is 1. The molecule has 134 valence electrons. The van der Waals surface area contributed by atoms with Gasteiger partial charge in [0.1, 0.15) is 11.4 Å². The Kier molecular flexibility index (Phi) is 3.09. The number of carbonyl (C=O) groups excluding carboxylic acids is 1. The van der Waals surface area contributed by atoms with E-state index < -0.39 is 5.97 Å². The lowest BCUT2D eigenvalue weighted by Crippen LogP contribution is -2.29. The maximum atomic E-state index is 13.1. The molecule has 0 unspecified atom stereocenters. The van der Waals surface area contributed by atoms with Crippen LogP contribution in [0.25, 0.3) is 21.8 Å². The van der Waals surface area contributed by atoms with Gasteiger partial charge >= 0.3 is 5.97 Å². The average molecular weight is 360 g/mol. The molecule has 7 nitrogen and oxygen atoms in total. The lowest BCUT2D eigenvalue weighted by Gasteiger charge is -2.16. The van der Waals surface area contributed by atoms with E-state index in [1.54, 1.807) is 17.0 Å². The summed E-state index contributed by atoms with van der Waals surface area (Å²) in [5.41, 5.74) is 10.6. The Labute approximate surface area is 153 Å². The zero-order valence-corrected chi connectivity index (χ0v) is 14.2. The number of carboxylic acids is 1. The number of carbonyl (C=O) groups is 2. The Morgan fingerprint density at radius 1 is 1.00 bits per heavy atom. The van der Waals surface area contributed by atoms with E-state index in [1.807, 2.05) is 30.3 Å². The predicted octanol–water partition coefficient (Wildman–Crippen LogP) is 3.13. The molecule has 3 heterocycles. The number of nitrogens with two attached hydrogens (primary N) is 1. The topological polar surface area (TPSA) is 115 Å². The molecule has 0 aliphatic carbocycles. The van der Waals surface area contributed by atoms with Crippen LogP contribution < -0.4 is 10.6 Å². The van der Waals surface area contributed by atoms with Gasteiger partial charge in [-0.05, 0) is 54.4 Å². The Bertz CT molecular complexity index is 1250. The molecule has 0 atom stereocenters. The van der Waals surface area contributed by atoms with Gasteiger partial charge in [0.15, 0.2) is 0 Å². The van der Waals surface area contributed by atoms with E-state index in [2.05, 4.69) is 9.97 Å². The third kappa shape index (κ3) is 2.28. The smallest absolute Gasteiger partial charge is 0.352 e. The number of hydrogen-bond acceptors (Lipinski definition) is 3. The molecule has 0 saturated carbocycles. The fourth-order valence-electron chi connectivity index (χ4n) is 3.85. The zero-order valence-electron chi connectivity index (χ0n) is 14.2. The number of fused-ring (bicyclic) bond motifs is 4. The van der Waals surface area contributed by atoms with Gasteiger partial charge in [0.05, 0.1) is 0 Å². The van der Waals surface area contributed by atoms with Gasteiger partial charge in [0, 0.05) is 39.7 Å². The van der Waals surface area contributed by atoms with E-state index in [0.29, 0.717) is 24.3 Å². The maximum absolute atomic E-state index is 13.1. The summed E-state index contributed by atoms with van der Waals surface area (Å²) in [6, 6.07) is 12.6. The molecular formula is C20H16N4O3. The molecule has 7 heteroatoms. The minimum Gasteiger partial charge on any atom is -0.477 e. The third-order valence-electron chi connectivity index (χ3n) is 5.12. The number of nitrogens with one attached hydrogen (secondary N) is 2. The van der Waals surface area contributed by atoms with Gasteiger partial charge in [-0.15, -0.1) is 0 Å². The zero-order chi connectivity index (χ0) is 18.7. The molecule has 2 aromatic heterocycles. The number of nitrogen functional groups attached to an aromatic ring is 1. The van der Waals surface area contributed by atoms with Crippen molar-refractivity contribution < 1.29 is 14.7 Å². The maximum Gasteiger partial charge on any atom is 0.352 e. The average Bonchev–Trinajstić information content (AvgIpc) is 3.35. The number of benzene rings is 2. The molecule has 0 saturated heterocycles. The number of aromatic carboxylic acids is 1. The summed E-state index contributed by atoms with van der Waals surface area (Å²) in [6.07, 6.45) is 0.683. The number of rotatable bonds is 2. The minimum atomic E-state index is -0.997. The van der Waals surface area contributed by atoms with Gasteiger partial charge < -0.3 is 25.7 Å². The summed E-state index contributed by atoms with van der Waals surface area (Å²) in [4.78, 5) is 32.1. The second kappa shape index (κ2) is 5.38. The first-order valence-corrected chi connectivity index (χ1v) is 8.59. The third-order valence-corrected chi connectivity index (χ3v) is 5.12. The quantitative estimate of drug-likeness (QED) is 0.411. The molecule has 0 radical (unpaired) electrons. The lowest BCUT2D eigenvalue weighted by molar-refractivity contribution is 0.0691. The highest BCUT2D eigenvalue weighted by Gasteiger charge is 2.28. The Morgan fingerprint density at radius 2 is 1.78 bits per heavy atom. The fraction of sp³-hybridized carbons (Fsp3) is 0.100. The number of hydrogen-bond donors (Lipinski definition) is 4. The largest absolute Gasteiger partial charge is 0.477 e. The van der Waals surface area contributed by atoms with Crippen LogP contribution in [-0.2, 0) is 6.42 Å². The first kappa shape index (κ1) is 15.5. The van der Waals surface area contributed by atoms with Crippen molar-refractivity contribution in [2.45, 2.75) is 6.42 Å². The van der Waals surface area contributed by atoms with Crippen LogP contribution in [0.15, 0.2) is 42.5 Å². The van der Waals surface area contributed by atoms with Gasteiger partial charge in [-0.3, -0.25) is 4.79 Å². The number of amides is 1. The predicted molar refractivity (Wildman–Crippen MR) is 103 cm³/mol. The summed E-state index contributed by atoms with van der Waals surface area (Å²) in [5, 5.41) is 10.9. The molecule has 1 aliphatic heterocycles. The molecule has 0 fully saturated rings. The van der Waals surface area contributed by atoms with E-state index in [0.717, 1.165) is 33.1 Å². The van der Waals surface area contributed by atoms with Gasteiger partial charge in [-0.2, -0.15) is 0 Å². The summed E-state index contributed by atoms with van der Waals surface area (Å²) in [7, 11) is 0. The van der Waals surface area contributed by atoms with Crippen molar-refractivity contribution in [3.63, 3.8) is 0 Å². The summed E-state index contributed by atoms with van der Waals surface area (Å²) in [5.74, 6) is -1.11. The van der Waals surface area contributed by atoms with Crippen LogP contribution in [0.3, 0.4) is 0 Å². The van der Waals surface area contributed by atoms with Crippen LogP contribution in [0.5, 0.6) is 0 Å². The molecule has 5 N–H and O–H groups in total. The van der Waals surface area contributed by atoms with Gasteiger partial charge in [-0.1, -0.05) is 0 Å². The van der Waals surface area contributed by atoms with Crippen molar-refractivity contribution in [3.05, 3.63) is 59.4 Å². The number of aromatic nitrogens is 2. The standard InChI is InChI=1S/C20H16N4O3/c21-11-1-2-14-10(7-11)8-16(22-14)19(25)24-6-5-12-13-9-17(20(26)27)23-15(13)3-4-18(12)24/h1-4,7-9,22-23H,5-6,21H2,(H,26,27). The normalized spacial score (nSPS) is 13.4. The molecule has 4 aromatic rings. The van der Waals surface area contributed by atoms with Crippen LogP contribution in [0.4, 0.5) is 11.4 Å². The van der Waals surface area contributed by atoms with Gasteiger partial charge in [0.2, 0.25) is 0 Å². The van der Waals surface area contributed by atoms with Crippen molar-refractivity contribution in [3.8, 4) is 0 Å². The van der Waals surface area contributed by atoms with Crippen molar-refractivity contribution >= 4 is 45.1 Å². The van der Waals surface area contributed by atoms with Crippen molar-refractivity contribution in [2.24, 2.45) is 0 Å². The summed E-state index contributed by atoms with van der Waals surface area (Å²) >= 11 is 0. The summed E-state index contributed by atoms with van der Waals surface area (Å²) < 4.78 is 0. The summed E-state index contributed by atoms with van der Waals surface area (Å²) in [6.45, 7) is 0.554. The number of anilines is 2. The van der Waals surface area contributed by atoms with E-state index >= 15 is 0 Å². The van der Waals surface area contributed by atoms with Crippen LogP contribution in [0, 0.1) is 0 Å². The molecule has 1 amide bonds. The minimum absolute atomic E-state index is 0.114. The highest BCUT2D eigenvalue weighted by Crippen LogP contribution is 2.35. The molecule has 27 heavy (non-hydrogen) atoms. The number of H-pyrrole nitrogens is 2. The van der Waals surface area contributed by atoms with Crippen LogP contribution >= 0.6 is 0 Å². The number of nitrogens with zero attached hydrogens (tertiary/aromatic N) is 1. The van der Waals surface area contributed by atoms with Gasteiger partial charge in [0.25, 0.3) is 5.91 Å². The second-order valence-corrected chi connectivity index (χ2v) is 6.75. The molecule has 5 rings (SSSR count). The van der Waals surface area contributed by atoms with Crippen LogP contribution in [0.2, 0.25) is 0 Å². The van der Waals surface area contributed by atoms with E-state index in [-0.39, 0.29) is 11.6 Å². The highest BCUT2D eigenvalue weighted by molar-refractivity contribution is 6.10. The monoisotopic (exact) mass is 360 g/mol. The molecule has 0 bridgehead atoms. The Morgan fingerprint density at radius 3 is 2.59 bits per heavy atom. The van der Waals surface area contributed by atoms with E-state index in [1.165, 1.54) is 0 Å². The first-order chi connectivity index (χ1) is 13.0. The highest BCUT2D eigenvalue weighted by atomic mass is 16.4. The molecule has 1 aliphatic rings. The number of aromatic amines is 2. The molecule has 0 spiro atoms. The molecular weight excluding hydrogens is 344 g/mol. The first-order valence-electron chi connectivity index (χ1n) is 8.59. The SMILES string of the molecule is Nc1ccc2[nH]c(C(=O)N3CCc4c3ccc3[nH]c(C(=O)O)cc43)cc2c1. The van der Waals surface area contributed by atoms with Crippen molar-refractivity contribution in [1.29, 1.82) is 0 Å².